The van der Waals surface area contributed by atoms with Crippen LogP contribution < -0.4 is 4.74 Å². The third-order valence-electron chi connectivity index (χ3n) is 4.47. The first-order valence-corrected chi connectivity index (χ1v) is 10.2. The second-order valence-corrected chi connectivity index (χ2v) is 10.2. The molecule has 0 unspecified atom stereocenters. The zero-order valence-electron chi connectivity index (χ0n) is 16.0. The highest BCUT2D eigenvalue weighted by molar-refractivity contribution is 7.91. The minimum Gasteiger partial charge on any atom is -0.497 e. The Kier molecular flexibility index (Phi) is 5.91. The number of methoxy groups -OCH3 is 1. The first kappa shape index (κ1) is 20.2. The Morgan fingerprint density at radius 3 is 2.15 bits per heavy atom. The minimum atomic E-state index is -3.24. The molecule has 0 N–H and O–H groups in total. The summed E-state index contributed by atoms with van der Waals surface area (Å²) in [6.07, 6.45) is 0.301. The lowest BCUT2D eigenvalue weighted by Gasteiger charge is -2.19. The first-order chi connectivity index (χ1) is 12.0. The van der Waals surface area contributed by atoms with Gasteiger partial charge in [0.1, 0.15) is 5.75 Å². The summed E-state index contributed by atoms with van der Waals surface area (Å²) in [5.41, 5.74) is 3.23. The van der Waals surface area contributed by atoms with Gasteiger partial charge >= 0.3 is 0 Å². The lowest BCUT2D eigenvalue weighted by Crippen LogP contribution is -2.29. The summed E-state index contributed by atoms with van der Waals surface area (Å²) in [6, 6.07) is 12.5. The summed E-state index contributed by atoms with van der Waals surface area (Å²) in [5.74, 6) is 0.745. The molecule has 0 aromatic heterocycles. The molecule has 0 fully saturated rings. The van der Waals surface area contributed by atoms with Crippen molar-refractivity contribution < 1.29 is 17.9 Å². The van der Waals surface area contributed by atoms with Crippen LogP contribution in [0.5, 0.6) is 5.75 Å². The molecule has 0 amide bonds. The monoisotopic (exact) mass is 374 g/mol. The van der Waals surface area contributed by atoms with E-state index in [1.807, 2.05) is 25.1 Å². The maximum Gasteiger partial charge on any atom is 0.167 e. The third kappa shape index (κ3) is 4.73. The van der Waals surface area contributed by atoms with Crippen LogP contribution in [0.1, 0.15) is 47.8 Å². The summed E-state index contributed by atoms with van der Waals surface area (Å²) >= 11 is 0. The molecule has 4 nitrogen and oxygen atoms in total. The van der Waals surface area contributed by atoms with Crippen molar-refractivity contribution in [2.75, 3.05) is 7.11 Å². The normalized spacial score (nSPS) is 12.0. The van der Waals surface area contributed by atoms with Gasteiger partial charge in [-0.25, -0.2) is 8.42 Å². The number of carbonyl (C=O) groups excluding carboxylic acids is 1. The van der Waals surface area contributed by atoms with Crippen LogP contribution in [0.25, 0.3) is 0 Å². The van der Waals surface area contributed by atoms with Crippen LogP contribution in [0.2, 0.25) is 0 Å². The van der Waals surface area contributed by atoms with Crippen LogP contribution in [-0.2, 0) is 22.0 Å². The van der Waals surface area contributed by atoms with Gasteiger partial charge in [-0.2, -0.15) is 0 Å². The van der Waals surface area contributed by atoms with Crippen LogP contribution in [0.3, 0.4) is 0 Å². The maximum absolute atomic E-state index is 12.5. The van der Waals surface area contributed by atoms with Gasteiger partial charge in [-0.1, -0.05) is 30.3 Å². The number of ether oxygens (including phenoxy) is 1. The lowest BCUT2D eigenvalue weighted by atomic mass is 9.99. The molecular formula is C21H26O4S. The number of sulfone groups is 1. The number of Topliss-reactive ketones (excluding diaryl/α,β-unsaturated/α-hetero) is 1. The summed E-state index contributed by atoms with van der Waals surface area (Å²) in [7, 11) is -1.63. The molecule has 2 aromatic carbocycles. The zero-order chi connectivity index (χ0) is 19.5. The second kappa shape index (κ2) is 7.62. The number of ketones is 1. The summed E-state index contributed by atoms with van der Waals surface area (Å²) in [4.78, 5) is 12.5. The summed E-state index contributed by atoms with van der Waals surface area (Å²) < 4.78 is 29.0. The topological polar surface area (TPSA) is 60.4 Å². The zero-order valence-corrected chi connectivity index (χ0v) is 16.8. The SMILES string of the molecule is COc1ccc(CC(=O)c2ccc(CS(=O)(=O)C(C)(C)C)cc2)c(C)c1. The van der Waals surface area contributed by atoms with Crippen molar-refractivity contribution in [2.24, 2.45) is 0 Å². The molecule has 26 heavy (non-hydrogen) atoms. The average Bonchev–Trinajstić information content (AvgIpc) is 2.55. The van der Waals surface area contributed by atoms with Gasteiger partial charge in [0, 0.05) is 12.0 Å². The van der Waals surface area contributed by atoms with Crippen molar-refractivity contribution >= 4 is 15.6 Å². The van der Waals surface area contributed by atoms with Crippen molar-refractivity contribution in [3.8, 4) is 5.75 Å². The molecule has 0 aliphatic rings. The fourth-order valence-electron chi connectivity index (χ4n) is 2.49. The molecular weight excluding hydrogens is 348 g/mol. The van der Waals surface area contributed by atoms with Gasteiger partial charge in [-0.05, 0) is 56.5 Å². The largest absolute Gasteiger partial charge is 0.497 e. The van der Waals surface area contributed by atoms with E-state index in [2.05, 4.69) is 0 Å². The predicted octanol–water partition coefficient (Wildman–Crippen LogP) is 4.14. The van der Waals surface area contributed by atoms with Gasteiger partial charge in [0.2, 0.25) is 0 Å². The van der Waals surface area contributed by atoms with Gasteiger partial charge in [0.25, 0.3) is 0 Å². The number of benzene rings is 2. The number of carbonyl (C=O) groups is 1. The molecule has 0 bridgehead atoms. The van der Waals surface area contributed by atoms with E-state index in [-0.39, 0.29) is 11.5 Å². The van der Waals surface area contributed by atoms with E-state index < -0.39 is 14.6 Å². The number of hydrogen-bond acceptors (Lipinski definition) is 4. The van der Waals surface area contributed by atoms with Crippen LogP contribution >= 0.6 is 0 Å². The van der Waals surface area contributed by atoms with Crippen molar-refractivity contribution in [2.45, 2.75) is 44.6 Å². The fourth-order valence-corrected chi connectivity index (χ4v) is 3.56. The van der Waals surface area contributed by atoms with Gasteiger partial charge in [-0.15, -0.1) is 0 Å². The van der Waals surface area contributed by atoms with Crippen molar-refractivity contribution in [1.82, 2.24) is 0 Å². The smallest absolute Gasteiger partial charge is 0.167 e. The molecule has 0 aliphatic carbocycles. The average molecular weight is 375 g/mol. The quantitative estimate of drug-likeness (QED) is 0.713. The van der Waals surface area contributed by atoms with Crippen LogP contribution in [0.4, 0.5) is 0 Å². The highest BCUT2D eigenvalue weighted by Gasteiger charge is 2.28. The molecule has 0 radical (unpaired) electrons. The van der Waals surface area contributed by atoms with Gasteiger partial charge in [0.15, 0.2) is 15.6 Å². The molecule has 5 heteroatoms. The van der Waals surface area contributed by atoms with E-state index in [0.717, 1.165) is 16.9 Å². The number of hydrogen-bond donors (Lipinski definition) is 0. The van der Waals surface area contributed by atoms with Gasteiger partial charge in [0.05, 0.1) is 17.6 Å². The Balaban J connectivity index is 2.12. The van der Waals surface area contributed by atoms with Gasteiger partial charge < -0.3 is 4.74 Å². The predicted molar refractivity (Wildman–Crippen MR) is 105 cm³/mol. The maximum atomic E-state index is 12.5. The Morgan fingerprint density at radius 1 is 1.04 bits per heavy atom. The molecule has 0 atom stereocenters. The molecule has 2 rings (SSSR count). The van der Waals surface area contributed by atoms with E-state index in [9.17, 15) is 13.2 Å². The minimum absolute atomic E-state index is 0.00324. The van der Waals surface area contributed by atoms with Crippen molar-refractivity contribution in [3.05, 3.63) is 64.7 Å². The molecule has 0 saturated carbocycles. The van der Waals surface area contributed by atoms with E-state index in [1.54, 1.807) is 52.1 Å². The highest BCUT2D eigenvalue weighted by Crippen LogP contribution is 2.22. The lowest BCUT2D eigenvalue weighted by molar-refractivity contribution is 0.0992. The molecule has 2 aromatic rings. The third-order valence-corrected chi connectivity index (χ3v) is 7.05. The first-order valence-electron chi connectivity index (χ1n) is 8.51. The van der Waals surface area contributed by atoms with E-state index in [4.69, 9.17) is 4.74 Å². The molecule has 0 heterocycles. The molecule has 140 valence electrons. The van der Waals surface area contributed by atoms with Crippen molar-refractivity contribution in [3.63, 3.8) is 0 Å². The Morgan fingerprint density at radius 2 is 1.65 bits per heavy atom. The van der Waals surface area contributed by atoms with Crippen LogP contribution in [-0.4, -0.2) is 26.1 Å². The fraction of sp³-hybridized carbons (Fsp3) is 0.381. The highest BCUT2D eigenvalue weighted by atomic mass is 32.2. The van der Waals surface area contributed by atoms with E-state index >= 15 is 0 Å². The van der Waals surface area contributed by atoms with E-state index in [0.29, 0.717) is 17.5 Å². The Bertz CT molecular complexity index is 889. The summed E-state index contributed by atoms with van der Waals surface area (Å²) in [6.45, 7) is 7.03. The van der Waals surface area contributed by atoms with Crippen LogP contribution in [0, 0.1) is 6.92 Å². The molecule has 0 spiro atoms. The Hall–Kier alpha value is -2.14. The van der Waals surface area contributed by atoms with Gasteiger partial charge in [-0.3, -0.25) is 4.79 Å². The number of rotatable bonds is 6. The van der Waals surface area contributed by atoms with E-state index in [1.165, 1.54) is 0 Å². The molecule has 0 saturated heterocycles. The standard InChI is InChI=1S/C21H26O4S/c1-15-12-19(25-5)11-10-18(15)13-20(22)17-8-6-16(7-9-17)14-26(23,24)21(2,3)4/h6-12H,13-14H2,1-5H3. The second-order valence-electron chi connectivity index (χ2n) is 7.46. The molecule has 0 aliphatic heterocycles. The van der Waals surface area contributed by atoms with Crippen molar-refractivity contribution in [1.29, 1.82) is 0 Å². The summed E-state index contributed by atoms with van der Waals surface area (Å²) in [5, 5.41) is 0. The Labute approximate surface area is 156 Å². The van der Waals surface area contributed by atoms with Crippen LogP contribution in [0.15, 0.2) is 42.5 Å². The number of aryl methyl sites for hydroxylation is 1.